The first-order valence-electron chi connectivity index (χ1n) is 6.01. The standard InChI is InChI=1S/C12H20N2O4S/c1-3-10(6-7-15)14-19(16,17)12-8-9(13)4-5-11(12)18-2/h4-5,8,10,14-15H,3,6-7,13H2,1-2H3. The highest BCUT2D eigenvalue weighted by atomic mass is 32.2. The van der Waals surface area contributed by atoms with Gasteiger partial charge < -0.3 is 15.6 Å². The van der Waals surface area contributed by atoms with E-state index in [1.165, 1.54) is 19.2 Å². The van der Waals surface area contributed by atoms with E-state index >= 15 is 0 Å². The third-order valence-electron chi connectivity index (χ3n) is 2.77. The van der Waals surface area contributed by atoms with Gasteiger partial charge in [0.25, 0.3) is 0 Å². The Labute approximate surface area is 113 Å². The minimum absolute atomic E-state index is 0.00592. The molecule has 0 fully saturated rings. The maximum absolute atomic E-state index is 12.3. The van der Waals surface area contributed by atoms with E-state index in [4.69, 9.17) is 15.6 Å². The van der Waals surface area contributed by atoms with Gasteiger partial charge in [0.15, 0.2) is 0 Å². The lowest BCUT2D eigenvalue weighted by Crippen LogP contribution is -2.35. The summed E-state index contributed by atoms with van der Waals surface area (Å²) in [7, 11) is -2.33. The zero-order valence-electron chi connectivity index (χ0n) is 11.1. The van der Waals surface area contributed by atoms with Gasteiger partial charge in [-0.15, -0.1) is 0 Å². The van der Waals surface area contributed by atoms with Crippen molar-refractivity contribution in [3.05, 3.63) is 18.2 Å². The molecule has 0 spiro atoms. The predicted octanol–water partition coefficient (Wildman–Crippen LogP) is 0.717. The van der Waals surface area contributed by atoms with E-state index in [9.17, 15) is 8.42 Å². The van der Waals surface area contributed by atoms with E-state index in [0.717, 1.165) is 0 Å². The zero-order chi connectivity index (χ0) is 14.5. The number of rotatable bonds is 7. The molecule has 0 aliphatic carbocycles. The van der Waals surface area contributed by atoms with Crippen LogP contribution in [0.15, 0.2) is 23.1 Å². The van der Waals surface area contributed by atoms with Gasteiger partial charge in [-0.1, -0.05) is 6.92 Å². The van der Waals surface area contributed by atoms with Crippen molar-refractivity contribution in [3.63, 3.8) is 0 Å². The SMILES string of the molecule is CCC(CCO)NS(=O)(=O)c1cc(N)ccc1OC. The second-order valence-electron chi connectivity index (χ2n) is 4.15. The van der Waals surface area contributed by atoms with Gasteiger partial charge in [0.1, 0.15) is 10.6 Å². The topological polar surface area (TPSA) is 102 Å². The Hall–Kier alpha value is -1.31. The van der Waals surface area contributed by atoms with Crippen LogP contribution in [0.25, 0.3) is 0 Å². The minimum Gasteiger partial charge on any atom is -0.495 e. The summed E-state index contributed by atoms with van der Waals surface area (Å²) < 4.78 is 32.1. The molecule has 0 aliphatic heterocycles. The Bertz CT molecular complexity index is 516. The molecule has 1 rings (SSSR count). The molecule has 4 N–H and O–H groups in total. The van der Waals surface area contributed by atoms with Crippen molar-refractivity contribution in [1.82, 2.24) is 4.72 Å². The molecular weight excluding hydrogens is 268 g/mol. The fraction of sp³-hybridized carbons (Fsp3) is 0.500. The molecule has 0 aliphatic rings. The van der Waals surface area contributed by atoms with Crippen LogP contribution in [0, 0.1) is 0 Å². The van der Waals surface area contributed by atoms with Crippen LogP contribution < -0.4 is 15.2 Å². The number of sulfonamides is 1. The molecular formula is C12H20N2O4S. The third-order valence-corrected chi connectivity index (χ3v) is 4.31. The van der Waals surface area contributed by atoms with E-state index in [1.807, 2.05) is 6.92 Å². The van der Waals surface area contributed by atoms with Gasteiger partial charge in [0, 0.05) is 18.3 Å². The van der Waals surface area contributed by atoms with E-state index in [-0.39, 0.29) is 23.3 Å². The monoisotopic (exact) mass is 288 g/mol. The van der Waals surface area contributed by atoms with Gasteiger partial charge in [-0.2, -0.15) is 0 Å². The van der Waals surface area contributed by atoms with Crippen LogP contribution in [-0.2, 0) is 10.0 Å². The molecule has 108 valence electrons. The van der Waals surface area contributed by atoms with Gasteiger partial charge in [-0.25, -0.2) is 13.1 Å². The molecule has 1 unspecified atom stereocenters. The van der Waals surface area contributed by atoms with Crippen LogP contribution in [0.1, 0.15) is 19.8 Å². The van der Waals surface area contributed by atoms with E-state index in [1.54, 1.807) is 6.07 Å². The van der Waals surface area contributed by atoms with Crippen molar-refractivity contribution in [2.75, 3.05) is 19.5 Å². The summed E-state index contributed by atoms with van der Waals surface area (Å²) in [6, 6.07) is 4.12. The van der Waals surface area contributed by atoms with Crippen molar-refractivity contribution < 1.29 is 18.3 Å². The first-order valence-corrected chi connectivity index (χ1v) is 7.49. The molecule has 0 bridgehead atoms. The molecule has 0 saturated heterocycles. The van der Waals surface area contributed by atoms with Gasteiger partial charge >= 0.3 is 0 Å². The molecule has 0 saturated carbocycles. The van der Waals surface area contributed by atoms with Crippen LogP contribution in [0.5, 0.6) is 5.75 Å². The highest BCUT2D eigenvalue weighted by molar-refractivity contribution is 7.89. The van der Waals surface area contributed by atoms with Crippen LogP contribution in [-0.4, -0.2) is 33.3 Å². The number of benzene rings is 1. The lowest BCUT2D eigenvalue weighted by molar-refractivity contribution is 0.270. The van der Waals surface area contributed by atoms with E-state index in [2.05, 4.69) is 4.72 Å². The molecule has 6 nitrogen and oxygen atoms in total. The molecule has 19 heavy (non-hydrogen) atoms. The predicted molar refractivity (Wildman–Crippen MR) is 73.5 cm³/mol. The molecule has 7 heteroatoms. The number of nitrogens with one attached hydrogen (secondary N) is 1. The van der Waals surface area contributed by atoms with Crippen LogP contribution >= 0.6 is 0 Å². The number of hydrogen-bond acceptors (Lipinski definition) is 5. The molecule has 0 amide bonds. The van der Waals surface area contributed by atoms with Gasteiger partial charge in [0.05, 0.1) is 7.11 Å². The summed E-state index contributed by atoms with van der Waals surface area (Å²) in [5.74, 6) is 0.237. The molecule has 1 aromatic rings. The summed E-state index contributed by atoms with van der Waals surface area (Å²) in [5.41, 5.74) is 5.96. The Kier molecular flexibility index (Phi) is 5.59. The van der Waals surface area contributed by atoms with Crippen LogP contribution in [0.3, 0.4) is 0 Å². The molecule has 0 aromatic heterocycles. The fourth-order valence-electron chi connectivity index (χ4n) is 1.69. The fourth-order valence-corrected chi connectivity index (χ4v) is 3.25. The van der Waals surface area contributed by atoms with Crippen molar-refractivity contribution in [3.8, 4) is 5.75 Å². The lowest BCUT2D eigenvalue weighted by Gasteiger charge is -2.17. The maximum atomic E-state index is 12.3. The molecule has 0 radical (unpaired) electrons. The lowest BCUT2D eigenvalue weighted by atomic mass is 10.2. The number of anilines is 1. The first-order chi connectivity index (χ1) is 8.94. The smallest absolute Gasteiger partial charge is 0.244 e. The van der Waals surface area contributed by atoms with Gasteiger partial charge in [-0.05, 0) is 31.0 Å². The number of methoxy groups -OCH3 is 1. The highest BCUT2D eigenvalue weighted by Gasteiger charge is 2.22. The van der Waals surface area contributed by atoms with Gasteiger partial charge in [-0.3, -0.25) is 0 Å². The number of nitrogen functional groups attached to an aromatic ring is 1. The Morgan fingerprint density at radius 2 is 2.16 bits per heavy atom. The van der Waals surface area contributed by atoms with Crippen molar-refractivity contribution in [1.29, 1.82) is 0 Å². The summed E-state index contributed by atoms with van der Waals surface area (Å²) in [6.45, 7) is 1.77. The second kappa shape index (κ2) is 6.74. The normalized spacial score (nSPS) is 13.2. The molecule has 0 heterocycles. The Morgan fingerprint density at radius 1 is 1.47 bits per heavy atom. The average Bonchev–Trinajstić information content (AvgIpc) is 2.38. The Morgan fingerprint density at radius 3 is 2.68 bits per heavy atom. The van der Waals surface area contributed by atoms with Crippen molar-refractivity contribution in [2.45, 2.75) is 30.7 Å². The summed E-state index contributed by atoms with van der Waals surface area (Å²) in [5, 5.41) is 8.90. The van der Waals surface area contributed by atoms with E-state index in [0.29, 0.717) is 18.5 Å². The molecule has 1 atom stereocenters. The number of aliphatic hydroxyl groups is 1. The average molecular weight is 288 g/mol. The third kappa shape index (κ3) is 4.09. The van der Waals surface area contributed by atoms with Gasteiger partial charge in [0.2, 0.25) is 10.0 Å². The largest absolute Gasteiger partial charge is 0.495 e. The zero-order valence-corrected chi connectivity index (χ0v) is 11.9. The molecule has 1 aromatic carbocycles. The maximum Gasteiger partial charge on any atom is 0.244 e. The number of aliphatic hydroxyl groups excluding tert-OH is 1. The summed E-state index contributed by atoms with van der Waals surface area (Å²) >= 11 is 0. The van der Waals surface area contributed by atoms with Crippen LogP contribution in [0.4, 0.5) is 5.69 Å². The first kappa shape index (κ1) is 15.7. The van der Waals surface area contributed by atoms with Crippen molar-refractivity contribution in [2.24, 2.45) is 0 Å². The highest BCUT2D eigenvalue weighted by Crippen LogP contribution is 2.26. The summed E-state index contributed by atoms with van der Waals surface area (Å²) in [4.78, 5) is 0.00592. The number of nitrogens with two attached hydrogens (primary N) is 1. The summed E-state index contributed by atoms with van der Waals surface area (Å²) in [6.07, 6.45) is 0.949. The number of ether oxygens (including phenoxy) is 1. The quantitative estimate of drug-likeness (QED) is 0.642. The number of hydrogen-bond donors (Lipinski definition) is 3. The van der Waals surface area contributed by atoms with Crippen LogP contribution in [0.2, 0.25) is 0 Å². The van der Waals surface area contributed by atoms with E-state index < -0.39 is 10.0 Å². The second-order valence-corrected chi connectivity index (χ2v) is 5.83. The van der Waals surface area contributed by atoms with Crippen molar-refractivity contribution >= 4 is 15.7 Å². The minimum atomic E-state index is -3.73. The Balaban J connectivity index is 3.09.